The fourth-order valence-corrected chi connectivity index (χ4v) is 2.01. The summed E-state index contributed by atoms with van der Waals surface area (Å²) in [4.78, 5) is 12.4. The second-order valence-electron chi connectivity index (χ2n) is 4.48. The van der Waals surface area contributed by atoms with Gasteiger partial charge in [-0.1, -0.05) is 6.08 Å². The van der Waals surface area contributed by atoms with Crippen LogP contribution >= 0.6 is 0 Å². The van der Waals surface area contributed by atoms with Crippen LogP contribution in [0.1, 0.15) is 21.5 Å². The van der Waals surface area contributed by atoms with Crippen molar-refractivity contribution in [3.8, 4) is 23.0 Å². The van der Waals surface area contributed by atoms with Gasteiger partial charge in [0.05, 0.1) is 11.1 Å². The molecule has 0 spiro atoms. The van der Waals surface area contributed by atoms with Gasteiger partial charge in [-0.2, -0.15) is 0 Å². The Morgan fingerprint density at radius 2 is 1.67 bits per heavy atom. The first kappa shape index (κ1) is 14.5. The number of hydrogen-bond donors (Lipinski definition) is 4. The number of benzene rings is 2. The molecule has 0 heterocycles. The van der Waals surface area contributed by atoms with Crippen LogP contribution in [0, 0.1) is 0 Å². The van der Waals surface area contributed by atoms with Crippen LogP contribution in [0.5, 0.6) is 23.0 Å². The van der Waals surface area contributed by atoms with Gasteiger partial charge in [0.15, 0.2) is 5.78 Å². The van der Waals surface area contributed by atoms with Crippen molar-refractivity contribution in [1.29, 1.82) is 0 Å². The van der Waals surface area contributed by atoms with Gasteiger partial charge in [-0.15, -0.1) is 6.58 Å². The van der Waals surface area contributed by atoms with Crippen LogP contribution in [0.4, 0.5) is 0 Å². The number of allylic oxidation sites excluding steroid dienone is 1. The highest BCUT2D eigenvalue weighted by Crippen LogP contribution is 2.34. The topological polar surface area (TPSA) is 98.0 Å². The predicted octanol–water partition coefficient (Wildman–Crippen LogP) is 2.47. The van der Waals surface area contributed by atoms with E-state index < -0.39 is 11.5 Å². The third kappa shape index (κ3) is 2.67. The molecule has 0 aliphatic carbocycles. The summed E-state index contributed by atoms with van der Waals surface area (Å²) in [6, 6.07) is 6.12. The summed E-state index contributed by atoms with van der Waals surface area (Å²) in [6.07, 6.45) is 1.68. The molecule has 0 saturated heterocycles. The van der Waals surface area contributed by atoms with Crippen molar-refractivity contribution in [2.75, 3.05) is 0 Å². The van der Waals surface area contributed by atoms with Crippen LogP contribution in [-0.2, 0) is 6.42 Å². The molecular weight excluding hydrogens is 272 g/mol. The molecule has 0 aromatic heterocycles. The normalized spacial score (nSPS) is 10.3. The van der Waals surface area contributed by atoms with E-state index in [-0.39, 0.29) is 40.4 Å². The summed E-state index contributed by atoms with van der Waals surface area (Å²) in [5.41, 5.74) is 0.0816. The molecule has 0 unspecified atom stereocenters. The van der Waals surface area contributed by atoms with E-state index in [0.717, 1.165) is 6.07 Å². The Kier molecular flexibility index (Phi) is 3.84. The van der Waals surface area contributed by atoms with Crippen molar-refractivity contribution in [1.82, 2.24) is 0 Å². The molecule has 0 saturated carbocycles. The van der Waals surface area contributed by atoms with Gasteiger partial charge < -0.3 is 20.4 Å². The standard InChI is InChI=1S/C16H14O5/c1-2-3-10-13(18)7-6-12(15(10)20)16(21)11-5-4-9(17)8-14(11)19/h2,4-8,17-20H,1,3H2. The first-order valence-electron chi connectivity index (χ1n) is 6.17. The average molecular weight is 286 g/mol. The molecular formula is C16H14O5. The molecule has 5 nitrogen and oxygen atoms in total. The second kappa shape index (κ2) is 5.58. The monoisotopic (exact) mass is 286 g/mol. The number of hydrogen-bond acceptors (Lipinski definition) is 5. The van der Waals surface area contributed by atoms with E-state index in [4.69, 9.17) is 0 Å². The molecule has 0 bridgehead atoms. The summed E-state index contributed by atoms with van der Waals surface area (Å²) in [5, 5.41) is 38.8. The van der Waals surface area contributed by atoms with Crippen LogP contribution < -0.4 is 0 Å². The molecule has 108 valence electrons. The number of carbonyl (C=O) groups is 1. The number of phenols is 4. The zero-order chi connectivity index (χ0) is 15.6. The molecule has 0 atom stereocenters. The lowest BCUT2D eigenvalue weighted by Crippen LogP contribution is -2.03. The number of carbonyl (C=O) groups excluding carboxylic acids is 1. The van der Waals surface area contributed by atoms with Crippen molar-refractivity contribution >= 4 is 5.78 Å². The minimum Gasteiger partial charge on any atom is -0.508 e. The Morgan fingerprint density at radius 1 is 1.00 bits per heavy atom. The predicted molar refractivity (Wildman–Crippen MR) is 76.9 cm³/mol. The van der Waals surface area contributed by atoms with Crippen LogP contribution in [0.25, 0.3) is 0 Å². The van der Waals surface area contributed by atoms with Gasteiger partial charge in [-0.25, -0.2) is 0 Å². The molecule has 0 fully saturated rings. The highest BCUT2D eigenvalue weighted by Gasteiger charge is 2.20. The fourth-order valence-electron chi connectivity index (χ4n) is 2.01. The van der Waals surface area contributed by atoms with Crippen LogP contribution in [-0.4, -0.2) is 26.2 Å². The zero-order valence-corrected chi connectivity index (χ0v) is 11.1. The summed E-state index contributed by atoms with van der Waals surface area (Å²) in [7, 11) is 0. The van der Waals surface area contributed by atoms with E-state index in [9.17, 15) is 25.2 Å². The van der Waals surface area contributed by atoms with Crippen molar-refractivity contribution in [2.45, 2.75) is 6.42 Å². The molecule has 5 heteroatoms. The maximum Gasteiger partial charge on any atom is 0.200 e. The molecule has 21 heavy (non-hydrogen) atoms. The van der Waals surface area contributed by atoms with Gasteiger partial charge in [0.1, 0.15) is 23.0 Å². The largest absolute Gasteiger partial charge is 0.508 e. The van der Waals surface area contributed by atoms with E-state index in [0.29, 0.717) is 0 Å². The average Bonchev–Trinajstić information content (AvgIpc) is 2.43. The Bertz CT molecular complexity index is 719. The fraction of sp³-hybridized carbons (Fsp3) is 0.0625. The highest BCUT2D eigenvalue weighted by molar-refractivity contribution is 6.12. The van der Waals surface area contributed by atoms with Crippen molar-refractivity contribution in [2.24, 2.45) is 0 Å². The highest BCUT2D eigenvalue weighted by atomic mass is 16.3. The summed E-state index contributed by atoms with van der Waals surface area (Å²) in [6.45, 7) is 3.52. The summed E-state index contributed by atoms with van der Waals surface area (Å²) < 4.78 is 0. The van der Waals surface area contributed by atoms with Crippen LogP contribution in [0.3, 0.4) is 0 Å². The number of aromatic hydroxyl groups is 4. The number of ketones is 1. The molecule has 0 amide bonds. The van der Waals surface area contributed by atoms with Crippen molar-refractivity contribution in [3.05, 3.63) is 59.7 Å². The Hall–Kier alpha value is -2.95. The SMILES string of the molecule is C=CCc1c(O)ccc(C(=O)c2ccc(O)cc2O)c1O. The number of phenolic OH excluding ortho intramolecular Hbond substituents is 4. The second-order valence-corrected chi connectivity index (χ2v) is 4.48. The quantitative estimate of drug-likeness (QED) is 0.511. The molecule has 0 aliphatic heterocycles. The van der Waals surface area contributed by atoms with E-state index in [1.165, 1.54) is 30.3 Å². The maximum absolute atomic E-state index is 12.4. The van der Waals surface area contributed by atoms with Gasteiger partial charge in [0.25, 0.3) is 0 Å². The van der Waals surface area contributed by atoms with Gasteiger partial charge in [-0.3, -0.25) is 4.79 Å². The Labute approximate surface area is 121 Å². The zero-order valence-electron chi connectivity index (χ0n) is 11.1. The molecule has 4 N–H and O–H groups in total. The van der Waals surface area contributed by atoms with Crippen molar-refractivity contribution in [3.63, 3.8) is 0 Å². The van der Waals surface area contributed by atoms with Gasteiger partial charge in [0.2, 0.25) is 0 Å². The smallest absolute Gasteiger partial charge is 0.200 e. The molecule has 2 aromatic rings. The minimum atomic E-state index is -0.615. The third-order valence-electron chi connectivity index (χ3n) is 3.08. The summed E-state index contributed by atoms with van der Waals surface area (Å²) in [5.74, 6) is -1.68. The lowest BCUT2D eigenvalue weighted by Gasteiger charge is -2.10. The minimum absolute atomic E-state index is 0.0503. The van der Waals surface area contributed by atoms with E-state index in [2.05, 4.69) is 6.58 Å². The maximum atomic E-state index is 12.4. The third-order valence-corrected chi connectivity index (χ3v) is 3.08. The van der Waals surface area contributed by atoms with E-state index in [1.807, 2.05) is 0 Å². The van der Waals surface area contributed by atoms with E-state index in [1.54, 1.807) is 0 Å². The first-order chi connectivity index (χ1) is 9.95. The molecule has 0 radical (unpaired) electrons. The van der Waals surface area contributed by atoms with Crippen LogP contribution in [0.2, 0.25) is 0 Å². The first-order valence-corrected chi connectivity index (χ1v) is 6.17. The van der Waals surface area contributed by atoms with Gasteiger partial charge in [0, 0.05) is 11.6 Å². The Balaban J connectivity index is 2.53. The molecule has 2 aromatic carbocycles. The Morgan fingerprint density at radius 3 is 2.29 bits per heavy atom. The summed E-state index contributed by atoms with van der Waals surface area (Å²) >= 11 is 0. The lowest BCUT2D eigenvalue weighted by atomic mass is 9.97. The number of rotatable bonds is 4. The molecule has 0 aliphatic rings. The van der Waals surface area contributed by atoms with Crippen LogP contribution in [0.15, 0.2) is 43.0 Å². The lowest BCUT2D eigenvalue weighted by molar-refractivity contribution is 0.103. The van der Waals surface area contributed by atoms with Gasteiger partial charge >= 0.3 is 0 Å². The molecule has 2 rings (SSSR count). The van der Waals surface area contributed by atoms with E-state index >= 15 is 0 Å². The van der Waals surface area contributed by atoms with Crippen molar-refractivity contribution < 1.29 is 25.2 Å². The van der Waals surface area contributed by atoms with Gasteiger partial charge in [-0.05, 0) is 30.7 Å².